The van der Waals surface area contributed by atoms with E-state index >= 15 is 0 Å². The minimum Gasteiger partial charge on any atom is -0.465 e. The predicted molar refractivity (Wildman–Crippen MR) is 90.8 cm³/mol. The zero-order valence-electron chi connectivity index (χ0n) is 13.2. The van der Waals surface area contributed by atoms with E-state index in [1.165, 1.54) is 24.5 Å². The number of thioether (sulfide) groups is 1. The quantitative estimate of drug-likeness (QED) is 0.633. The molecular formula is C16H15F2NO3S2. The number of esters is 1. The number of amides is 1. The van der Waals surface area contributed by atoms with Gasteiger partial charge in [-0.25, -0.2) is 13.6 Å². The van der Waals surface area contributed by atoms with Crippen LogP contribution in [0.2, 0.25) is 0 Å². The summed E-state index contributed by atoms with van der Waals surface area (Å²) in [5, 5.41) is 3.10. The van der Waals surface area contributed by atoms with E-state index in [9.17, 15) is 18.4 Å². The Morgan fingerprint density at radius 3 is 2.58 bits per heavy atom. The highest BCUT2D eigenvalue weighted by Crippen LogP contribution is 2.33. The number of hydrogen-bond acceptors (Lipinski definition) is 5. The molecule has 0 atom stereocenters. The minimum absolute atomic E-state index is 0.00167. The first kappa shape index (κ1) is 18.4. The molecule has 4 nitrogen and oxygen atoms in total. The Morgan fingerprint density at radius 2 is 1.96 bits per heavy atom. The SMILES string of the molecule is COC(=O)c1c(NC(=O)CSc2ccc(F)c(F)c2)sc(C)c1C. The summed E-state index contributed by atoms with van der Waals surface area (Å²) in [4.78, 5) is 25.3. The number of anilines is 1. The Hall–Kier alpha value is -1.93. The molecule has 1 amide bonds. The average Bonchev–Trinajstić information content (AvgIpc) is 2.82. The molecule has 0 aliphatic rings. The fraction of sp³-hybridized carbons (Fsp3) is 0.250. The number of halogens is 2. The standard InChI is InChI=1S/C16H15F2NO3S2/c1-8-9(2)24-15(14(8)16(21)22-3)19-13(20)7-23-10-4-5-11(17)12(18)6-10/h4-6H,7H2,1-3H3,(H,19,20). The highest BCUT2D eigenvalue weighted by atomic mass is 32.2. The second-order valence-electron chi connectivity index (χ2n) is 4.89. The van der Waals surface area contributed by atoms with E-state index in [4.69, 9.17) is 4.74 Å². The number of methoxy groups -OCH3 is 1. The Morgan fingerprint density at radius 1 is 1.25 bits per heavy atom. The molecule has 0 saturated heterocycles. The van der Waals surface area contributed by atoms with E-state index < -0.39 is 17.6 Å². The van der Waals surface area contributed by atoms with Crippen molar-refractivity contribution in [3.8, 4) is 0 Å². The van der Waals surface area contributed by atoms with Gasteiger partial charge in [-0.05, 0) is 37.6 Å². The number of carbonyl (C=O) groups excluding carboxylic acids is 2. The van der Waals surface area contributed by atoms with Crippen LogP contribution < -0.4 is 5.32 Å². The largest absolute Gasteiger partial charge is 0.465 e. The molecule has 8 heteroatoms. The number of ether oxygens (including phenoxy) is 1. The number of nitrogens with one attached hydrogen (secondary N) is 1. The summed E-state index contributed by atoms with van der Waals surface area (Å²) in [6, 6.07) is 3.44. The van der Waals surface area contributed by atoms with Gasteiger partial charge in [0.25, 0.3) is 0 Å². The lowest BCUT2D eigenvalue weighted by Crippen LogP contribution is -2.16. The van der Waals surface area contributed by atoms with Crippen molar-refractivity contribution in [1.29, 1.82) is 0 Å². The molecule has 1 aromatic carbocycles. The third kappa shape index (κ3) is 4.12. The molecular weight excluding hydrogens is 356 g/mol. The van der Waals surface area contributed by atoms with Crippen LogP contribution >= 0.6 is 23.1 Å². The lowest BCUT2D eigenvalue weighted by Gasteiger charge is -2.06. The molecule has 0 unspecified atom stereocenters. The van der Waals surface area contributed by atoms with Crippen LogP contribution in [0.4, 0.5) is 13.8 Å². The van der Waals surface area contributed by atoms with Crippen molar-refractivity contribution in [1.82, 2.24) is 0 Å². The topological polar surface area (TPSA) is 55.4 Å². The second kappa shape index (κ2) is 7.76. The average molecular weight is 371 g/mol. The van der Waals surface area contributed by atoms with Crippen molar-refractivity contribution >= 4 is 40.0 Å². The monoisotopic (exact) mass is 371 g/mol. The lowest BCUT2D eigenvalue weighted by atomic mass is 10.1. The molecule has 1 aromatic heterocycles. The Kier molecular flexibility index (Phi) is 5.95. The molecule has 24 heavy (non-hydrogen) atoms. The summed E-state index contributed by atoms with van der Waals surface area (Å²) in [5.41, 5.74) is 1.10. The first-order valence-corrected chi connectivity index (χ1v) is 8.69. The Bertz CT molecular complexity index is 790. The van der Waals surface area contributed by atoms with Crippen LogP contribution in [-0.4, -0.2) is 24.7 Å². The molecule has 1 N–H and O–H groups in total. The molecule has 0 saturated carbocycles. The van der Waals surface area contributed by atoms with Gasteiger partial charge in [0.2, 0.25) is 5.91 Å². The summed E-state index contributed by atoms with van der Waals surface area (Å²) >= 11 is 2.36. The van der Waals surface area contributed by atoms with Gasteiger partial charge >= 0.3 is 5.97 Å². The van der Waals surface area contributed by atoms with Crippen molar-refractivity contribution < 1.29 is 23.1 Å². The van der Waals surface area contributed by atoms with Gasteiger partial charge < -0.3 is 10.1 Å². The van der Waals surface area contributed by atoms with Gasteiger partial charge in [-0.2, -0.15) is 0 Å². The molecule has 0 spiro atoms. The van der Waals surface area contributed by atoms with Gasteiger partial charge in [-0.3, -0.25) is 4.79 Å². The molecule has 2 aromatic rings. The van der Waals surface area contributed by atoms with Gasteiger partial charge in [0.05, 0.1) is 18.4 Å². The zero-order valence-corrected chi connectivity index (χ0v) is 14.9. The van der Waals surface area contributed by atoms with Crippen molar-refractivity contribution in [2.75, 3.05) is 18.2 Å². The molecule has 128 valence electrons. The van der Waals surface area contributed by atoms with Crippen LogP contribution in [0.1, 0.15) is 20.8 Å². The van der Waals surface area contributed by atoms with Gasteiger partial charge in [-0.15, -0.1) is 23.1 Å². The summed E-state index contributed by atoms with van der Waals surface area (Å²) in [6.07, 6.45) is 0. The van der Waals surface area contributed by atoms with Crippen molar-refractivity contribution in [3.05, 3.63) is 45.8 Å². The van der Waals surface area contributed by atoms with Crippen LogP contribution in [0.25, 0.3) is 0 Å². The number of aryl methyl sites for hydroxylation is 1. The van der Waals surface area contributed by atoms with E-state index in [2.05, 4.69) is 5.32 Å². The van der Waals surface area contributed by atoms with E-state index in [0.29, 0.717) is 15.5 Å². The first-order chi connectivity index (χ1) is 11.3. The molecule has 0 bridgehead atoms. The number of carbonyl (C=O) groups is 2. The predicted octanol–water partition coefficient (Wildman–Crippen LogP) is 4.16. The maximum Gasteiger partial charge on any atom is 0.341 e. The van der Waals surface area contributed by atoms with Crippen molar-refractivity contribution in [2.24, 2.45) is 0 Å². The summed E-state index contributed by atoms with van der Waals surface area (Å²) in [7, 11) is 1.28. The van der Waals surface area contributed by atoms with Crippen LogP contribution in [-0.2, 0) is 9.53 Å². The van der Waals surface area contributed by atoms with E-state index in [-0.39, 0.29) is 11.7 Å². The molecule has 0 aliphatic carbocycles. The number of rotatable bonds is 5. The fourth-order valence-electron chi connectivity index (χ4n) is 1.94. The van der Waals surface area contributed by atoms with Gasteiger partial charge in [0.1, 0.15) is 5.00 Å². The lowest BCUT2D eigenvalue weighted by molar-refractivity contribution is -0.113. The maximum atomic E-state index is 13.1. The fourth-order valence-corrected chi connectivity index (χ4v) is 3.73. The molecule has 1 heterocycles. The minimum atomic E-state index is -0.960. The van der Waals surface area contributed by atoms with Crippen molar-refractivity contribution in [2.45, 2.75) is 18.7 Å². The smallest absolute Gasteiger partial charge is 0.341 e. The third-order valence-corrected chi connectivity index (χ3v) is 5.41. The third-order valence-electron chi connectivity index (χ3n) is 3.29. The summed E-state index contributed by atoms with van der Waals surface area (Å²) in [5.74, 6) is -2.76. The van der Waals surface area contributed by atoms with E-state index in [1.54, 1.807) is 6.92 Å². The van der Waals surface area contributed by atoms with Gasteiger partial charge in [0, 0.05) is 9.77 Å². The summed E-state index contributed by atoms with van der Waals surface area (Å²) in [6.45, 7) is 3.63. The normalized spacial score (nSPS) is 10.5. The Balaban J connectivity index is 2.06. The number of benzene rings is 1. The van der Waals surface area contributed by atoms with E-state index in [1.807, 2.05) is 6.92 Å². The zero-order chi connectivity index (χ0) is 17.9. The molecule has 0 radical (unpaired) electrons. The molecule has 2 rings (SSSR count). The highest BCUT2D eigenvalue weighted by molar-refractivity contribution is 8.00. The maximum absolute atomic E-state index is 13.1. The number of hydrogen-bond donors (Lipinski definition) is 1. The van der Waals surface area contributed by atoms with Crippen LogP contribution in [0.3, 0.4) is 0 Å². The molecule has 0 aliphatic heterocycles. The van der Waals surface area contributed by atoms with Crippen molar-refractivity contribution in [3.63, 3.8) is 0 Å². The van der Waals surface area contributed by atoms with E-state index in [0.717, 1.165) is 34.3 Å². The van der Waals surface area contributed by atoms with Gasteiger partial charge in [-0.1, -0.05) is 0 Å². The Labute approximate surface area is 146 Å². The highest BCUT2D eigenvalue weighted by Gasteiger charge is 2.21. The summed E-state index contributed by atoms with van der Waals surface area (Å²) < 4.78 is 30.8. The van der Waals surface area contributed by atoms with Crippen LogP contribution in [0, 0.1) is 25.5 Å². The van der Waals surface area contributed by atoms with Crippen LogP contribution in [0.15, 0.2) is 23.1 Å². The van der Waals surface area contributed by atoms with Crippen LogP contribution in [0.5, 0.6) is 0 Å². The number of thiophene rings is 1. The molecule has 0 fully saturated rings. The first-order valence-electron chi connectivity index (χ1n) is 6.89. The van der Waals surface area contributed by atoms with Gasteiger partial charge in [0.15, 0.2) is 11.6 Å². The second-order valence-corrected chi connectivity index (χ2v) is 7.17.